The van der Waals surface area contributed by atoms with Gasteiger partial charge in [-0.2, -0.15) is 23.2 Å². The predicted octanol–water partition coefficient (Wildman–Crippen LogP) is 2.35. The summed E-state index contributed by atoms with van der Waals surface area (Å²) in [7, 11) is 0. The van der Waals surface area contributed by atoms with Crippen molar-refractivity contribution in [3.05, 3.63) is 29.3 Å². The number of anilines is 1. The number of halogens is 3. The maximum absolute atomic E-state index is 12.4. The van der Waals surface area contributed by atoms with Crippen molar-refractivity contribution in [1.82, 2.24) is 4.73 Å². The van der Waals surface area contributed by atoms with Gasteiger partial charge in [-0.05, 0) is 12.1 Å². The fourth-order valence-corrected chi connectivity index (χ4v) is 1.59. The second-order valence-corrected chi connectivity index (χ2v) is 3.41. The first-order valence-corrected chi connectivity index (χ1v) is 4.46. The van der Waals surface area contributed by atoms with E-state index in [0.717, 1.165) is 18.2 Å². The molecule has 0 aliphatic heterocycles. The molecule has 0 saturated carbocycles. The zero-order valence-corrected chi connectivity index (χ0v) is 8.28. The molecule has 2 rings (SSSR count). The van der Waals surface area contributed by atoms with Crippen molar-refractivity contribution in [3.63, 3.8) is 0 Å². The molecule has 0 aliphatic rings. The number of rotatable bonds is 0. The molecule has 7 heteroatoms. The molecule has 0 aliphatic carbocycles. The molecule has 17 heavy (non-hydrogen) atoms. The Morgan fingerprint density at radius 3 is 2.53 bits per heavy atom. The van der Waals surface area contributed by atoms with Crippen LogP contribution < -0.4 is 5.73 Å². The number of nitrogen functional groups attached to an aromatic ring is 1. The van der Waals surface area contributed by atoms with Crippen molar-refractivity contribution in [1.29, 1.82) is 5.26 Å². The first-order valence-electron chi connectivity index (χ1n) is 4.46. The second kappa shape index (κ2) is 3.31. The average Bonchev–Trinajstić information content (AvgIpc) is 2.50. The molecule has 1 aromatic carbocycles. The topological polar surface area (TPSA) is 75.0 Å². The number of nitrogens with zero attached hydrogens (tertiary/aromatic N) is 2. The molecule has 3 N–H and O–H groups in total. The largest absolute Gasteiger partial charge is 0.426 e. The second-order valence-electron chi connectivity index (χ2n) is 3.41. The van der Waals surface area contributed by atoms with Crippen molar-refractivity contribution in [3.8, 4) is 6.07 Å². The molecule has 0 spiro atoms. The third kappa shape index (κ3) is 1.54. The highest BCUT2D eigenvalue weighted by Crippen LogP contribution is 2.34. The lowest BCUT2D eigenvalue weighted by Gasteiger charge is -2.06. The van der Waals surface area contributed by atoms with E-state index in [9.17, 15) is 18.4 Å². The van der Waals surface area contributed by atoms with Gasteiger partial charge in [0.1, 0.15) is 11.6 Å². The molecular formula is C10H6F3N3O. The lowest BCUT2D eigenvalue weighted by Crippen LogP contribution is -2.05. The highest BCUT2D eigenvalue weighted by Gasteiger charge is 2.31. The highest BCUT2D eigenvalue weighted by molar-refractivity contribution is 5.92. The van der Waals surface area contributed by atoms with Gasteiger partial charge < -0.3 is 10.9 Å². The molecule has 0 unspecified atom stereocenters. The van der Waals surface area contributed by atoms with Gasteiger partial charge in [0.05, 0.1) is 11.1 Å². The summed E-state index contributed by atoms with van der Waals surface area (Å²) in [6.45, 7) is 0. The van der Waals surface area contributed by atoms with Gasteiger partial charge in [0.2, 0.25) is 0 Å². The summed E-state index contributed by atoms with van der Waals surface area (Å²) in [6.07, 6.45) is -4.51. The molecule has 0 saturated heterocycles. The standard InChI is InChI=1S/C10H6F3N3O/c11-10(12,13)5-1-2-6-7(4-14)9(15)16(17)8(6)3-5/h1-3,17H,15H2. The Kier molecular flexibility index (Phi) is 2.17. The zero-order chi connectivity index (χ0) is 12.8. The van der Waals surface area contributed by atoms with Gasteiger partial charge in [0.25, 0.3) is 0 Å². The molecule has 1 heterocycles. The Balaban J connectivity index is 2.81. The maximum Gasteiger partial charge on any atom is 0.416 e. The summed E-state index contributed by atoms with van der Waals surface area (Å²) in [6, 6.07) is 4.42. The van der Waals surface area contributed by atoms with E-state index in [1.165, 1.54) is 0 Å². The summed E-state index contributed by atoms with van der Waals surface area (Å²) in [5.74, 6) is -0.276. The Labute approximate surface area is 93.2 Å². The molecule has 1 aromatic heterocycles. The number of nitrogens with two attached hydrogens (primary N) is 1. The maximum atomic E-state index is 12.4. The fourth-order valence-electron chi connectivity index (χ4n) is 1.59. The summed E-state index contributed by atoms with van der Waals surface area (Å²) in [5, 5.41) is 18.4. The van der Waals surface area contributed by atoms with E-state index in [0.29, 0.717) is 4.73 Å². The van der Waals surface area contributed by atoms with E-state index in [1.807, 2.05) is 0 Å². The van der Waals surface area contributed by atoms with Crippen molar-refractivity contribution < 1.29 is 18.4 Å². The third-order valence-electron chi connectivity index (χ3n) is 2.42. The van der Waals surface area contributed by atoms with Gasteiger partial charge in [0, 0.05) is 5.39 Å². The molecule has 2 aromatic rings. The Bertz CT molecular complexity index is 637. The first-order chi connectivity index (χ1) is 7.86. The predicted molar refractivity (Wildman–Crippen MR) is 53.3 cm³/mol. The number of benzene rings is 1. The minimum atomic E-state index is -4.51. The fraction of sp³-hybridized carbons (Fsp3) is 0.100. The van der Waals surface area contributed by atoms with Crippen LogP contribution in [0.15, 0.2) is 18.2 Å². The van der Waals surface area contributed by atoms with E-state index in [-0.39, 0.29) is 22.3 Å². The van der Waals surface area contributed by atoms with Crippen LogP contribution in [0.5, 0.6) is 0 Å². The molecule has 0 fully saturated rings. The molecule has 0 bridgehead atoms. The van der Waals surface area contributed by atoms with Gasteiger partial charge in [-0.3, -0.25) is 0 Å². The molecular weight excluding hydrogens is 235 g/mol. The smallest absolute Gasteiger partial charge is 0.416 e. The van der Waals surface area contributed by atoms with Crippen molar-refractivity contribution in [2.45, 2.75) is 6.18 Å². The number of hydrogen-bond donors (Lipinski definition) is 2. The Morgan fingerprint density at radius 2 is 2.00 bits per heavy atom. The number of nitriles is 1. The van der Waals surface area contributed by atoms with Crippen LogP contribution in [0.3, 0.4) is 0 Å². The van der Waals surface area contributed by atoms with Crippen LogP contribution in [0.2, 0.25) is 0 Å². The number of aromatic nitrogens is 1. The van der Waals surface area contributed by atoms with Crippen LogP contribution >= 0.6 is 0 Å². The summed E-state index contributed by atoms with van der Waals surface area (Å²) in [4.78, 5) is 0. The minimum absolute atomic E-state index is 0.0452. The van der Waals surface area contributed by atoms with Gasteiger partial charge >= 0.3 is 6.18 Å². The SMILES string of the molecule is N#Cc1c(N)n(O)c2cc(C(F)(F)F)ccc12. The molecule has 0 amide bonds. The summed E-state index contributed by atoms with van der Waals surface area (Å²) in [5.41, 5.74) is 4.29. The lowest BCUT2D eigenvalue weighted by atomic mass is 10.1. The van der Waals surface area contributed by atoms with Crippen LogP contribution in [0, 0.1) is 11.3 Å². The van der Waals surface area contributed by atoms with E-state index in [1.54, 1.807) is 6.07 Å². The van der Waals surface area contributed by atoms with Crippen LogP contribution in [0.25, 0.3) is 10.9 Å². The van der Waals surface area contributed by atoms with Crippen molar-refractivity contribution >= 4 is 16.7 Å². The van der Waals surface area contributed by atoms with Crippen LogP contribution in [-0.2, 0) is 6.18 Å². The van der Waals surface area contributed by atoms with Gasteiger partial charge in [-0.25, -0.2) is 0 Å². The first kappa shape index (κ1) is 11.1. The monoisotopic (exact) mass is 241 g/mol. The van der Waals surface area contributed by atoms with E-state index >= 15 is 0 Å². The lowest BCUT2D eigenvalue weighted by molar-refractivity contribution is -0.137. The number of alkyl halides is 3. The van der Waals surface area contributed by atoms with Crippen LogP contribution in [0.4, 0.5) is 19.0 Å². The third-order valence-corrected chi connectivity index (χ3v) is 2.42. The highest BCUT2D eigenvalue weighted by atomic mass is 19.4. The Morgan fingerprint density at radius 1 is 1.35 bits per heavy atom. The summed E-state index contributed by atoms with van der Waals surface area (Å²) < 4.78 is 37.7. The van der Waals surface area contributed by atoms with E-state index < -0.39 is 11.7 Å². The summed E-state index contributed by atoms with van der Waals surface area (Å²) >= 11 is 0. The van der Waals surface area contributed by atoms with E-state index in [2.05, 4.69) is 0 Å². The zero-order valence-electron chi connectivity index (χ0n) is 8.28. The van der Waals surface area contributed by atoms with Gasteiger partial charge in [0.15, 0.2) is 5.82 Å². The van der Waals surface area contributed by atoms with E-state index in [4.69, 9.17) is 11.0 Å². The molecule has 0 radical (unpaired) electrons. The molecule has 4 nitrogen and oxygen atoms in total. The average molecular weight is 241 g/mol. The van der Waals surface area contributed by atoms with Crippen LogP contribution in [0.1, 0.15) is 11.1 Å². The molecule has 88 valence electrons. The van der Waals surface area contributed by atoms with Gasteiger partial charge in [-0.1, -0.05) is 6.07 Å². The Hall–Kier alpha value is -2.36. The quantitative estimate of drug-likeness (QED) is 0.695. The number of fused-ring (bicyclic) bond motifs is 1. The molecule has 0 atom stereocenters. The van der Waals surface area contributed by atoms with Crippen molar-refractivity contribution in [2.75, 3.05) is 5.73 Å². The van der Waals surface area contributed by atoms with Crippen LogP contribution in [-0.4, -0.2) is 9.94 Å². The number of hydrogen-bond acceptors (Lipinski definition) is 3. The minimum Gasteiger partial charge on any atom is -0.426 e. The normalized spacial score (nSPS) is 11.6. The van der Waals surface area contributed by atoms with Crippen molar-refractivity contribution in [2.24, 2.45) is 0 Å². The van der Waals surface area contributed by atoms with Gasteiger partial charge in [-0.15, -0.1) is 0 Å².